The first-order valence-electron chi connectivity index (χ1n) is 9.94. The number of allylic oxidation sites excluding steroid dienone is 1. The third-order valence-corrected chi connectivity index (χ3v) is 5.01. The van der Waals surface area contributed by atoms with Crippen molar-refractivity contribution in [2.24, 2.45) is 0 Å². The Balaban J connectivity index is 1.48. The molecule has 3 aromatic rings. The summed E-state index contributed by atoms with van der Waals surface area (Å²) in [4.78, 5) is 37.4. The second-order valence-electron chi connectivity index (χ2n) is 7.25. The van der Waals surface area contributed by atoms with E-state index >= 15 is 0 Å². The van der Waals surface area contributed by atoms with Crippen molar-refractivity contribution >= 4 is 23.6 Å². The van der Waals surface area contributed by atoms with E-state index in [1.54, 1.807) is 54.6 Å². The Bertz CT molecular complexity index is 1200. The summed E-state index contributed by atoms with van der Waals surface area (Å²) in [6, 6.07) is 18.8. The summed E-state index contributed by atoms with van der Waals surface area (Å²) >= 11 is 0. The van der Waals surface area contributed by atoms with Crippen molar-refractivity contribution in [3.63, 3.8) is 0 Å². The minimum atomic E-state index is -0.591. The van der Waals surface area contributed by atoms with Crippen LogP contribution in [0.1, 0.15) is 31.8 Å². The molecule has 0 bridgehead atoms. The van der Waals surface area contributed by atoms with Crippen LogP contribution in [-0.2, 0) is 4.79 Å². The van der Waals surface area contributed by atoms with Crippen LogP contribution in [0.2, 0.25) is 0 Å². The van der Waals surface area contributed by atoms with Crippen LogP contribution in [0.4, 0.5) is 0 Å². The summed E-state index contributed by atoms with van der Waals surface area (Å²) in [6.07, 6.45) is 1.51. The zero-order valence-electron chi connectivity index (χ0n) is 17.6. The van der Waals surface area contributed by atoms with Crippen LogP contribution >= 0.6 is 0 Å². The average Bonchev–Trinajstić information content (AvgIpc) is 3.04. The molecule has 0 fully saturated rings. The number of ketones is 2. The smallest absolute Gasteiger partial charge is 0.349 e. The number of Topliss-reactive ketones (excluding diaryl/α,β-unsaturated/α-hetero) is 2. The standard InChI is InChI=1S/C26H20O6/c1-16-7-10-18(11-8-16)31-15-24(27)32-22-12-9-17(14-23(22)30-2)13-21-25(28)19-5-3-4-6-20(19)26(21)29/h3-14H,15H2,1-2H3. The first-order chi connectivity index (χ1) is 15.5. The molecule has 0 saturated carbocycles. The number of methoxy groups -OCH3 is 1. The lowest BCUT2D eigenvalue weighted by molar-refractivity contribution is -0.136. The molecule has 6 nitrogen and oxygen atoms in total. The van der Waals surface area contributed by atoms with Gasteiger partial charge in [0.15, 0.2) is 29.7 Å². The van der Waals surface area contributed by atoms with E-state index in [2.05, 4.69) is 0 Å². The molecule has 32 heavy (non-hydrogen) atoms. The second-order valence-corrected chi connectivity index (χ2v) is 7.25. The van der Waals surface area contributed by atoms with Crippen molar-refractivity contribution in [2.45, 2.75) is 6.92 Å². The highest BCUT2D eigenvalue weighted by atomic mass is 16.6. The Morgan fingerprint density at radius 1 is 0.875 bits per heavy atom. The summed E-state index contributed by atoms with van der Waals surface area (Å²) < 4.78 is 16.1. The lowest BCUT2D eigenvalue weighted by Crippen LogP contribution is -2.18. The van der Waals surface area contributed by atoms with Crippen molar-refractivity contribution in [1.82, 2.24) is 0 Å². The summed E-state index contributed by atoms with van der Waals surface area (Å²) in [5, 5.41) is 0. The molecule has 4 rings (SSSR count). The van der Waals surface area contributed by atoms with Crippen LogP contribution in [-0.4, -0.2) is 31.3 Å². The Morgan fingerprint density at radius 3 is 2.16 bits per heavy atom. The zero-order valence-corrected chi connectivity index (χ0v) is 17.6. The van der Waals surface area contributed by atoms with E-state index in [9.17, 15) is 14.4 Å². The van der Waals surface area contributed by atoms with E-state index in [4.69, 9.17) is 14.2 Å². The molecule has 0 radical (unpaired) electrons. The fourth-order valence-corrected chi connectivity index (χ4v) is 3.36. The molecule has 0 heterocycles. The van der Waals surface area contributed by atoms with E-state index in [1.807, 2.05) is 19.1 Å². The van der Waals surface area contributed by atoms with Gasteiger partial charge in [-0.3, -0.25) is 9.59 Å². The van der Waals surface area contributed by atoms with Gasteiger partial charge in [-0.2, -0.15) is 0 Å². The van der Waals surface area contributed by atoms with Gasteiger partial charge in [-0.15, -0.1) is 0 Å². The molecule has 0 atom stereocenters. The highest BCUT2D eigenvalue weighted by Gasteiger charge is 2.32. The van der Waals surface area contributed by atoms with E-state index in [-0.39, 0.29) is 29.5 Å². The summed E-state index contributed by atoms with van der Waals surface area (Å²) in [5.41, 5.74) is 2.54. The third-order valence-electron chi connectivity index (χ3n) is 5.01. The number of hydrogen-bond acceptors (Lipinski definition) is 6. The van der Waals surface area contributed by atoms with Gasteiger partial charge in [0.2, 0.25) is 0 Å². The number of benzene rings is 3. The number of rotatable bonds is 6. The second kappa shape index (κ2) is 8.89. The van der Waals surface area contributed by atoms with Crippen molar-refractivity contribution in [2.75, 3.05) is 13.7 Å². The molecule has 0 aromatic heterocycles. The van der Waals surface area contributed by atoms with Crippen molar-refractivity contribution in [1.29, 1.82) is 0 Å². The van der Waals surface area contributed by atoms with E-state index in [0.717, 1.165) is 5.56 Å². The van der Waals surface area contributed by atoms with Crippen LogP contribution in [0, 0.1) is 6.92 Å². The van der Waals surface area contributed by atoms with Gasteiger partial charge >= 0.3 is 5.97 Å². The first kappa shape index (κ1) is 21.1. The Morgan fingerprint density at radius 2 is 1.53 bits per heavy atom. The maximum atomic E-state index is 12.6. The molecule has 1 aliphatic carbocycles. The molecular formula is C26H20O6. The predicted octanol–water partition coefficient (Wildman–Crippen LogP) is 4.45. The lowest BCUT2D eigenvalue weighted by Gasteiger charge is -2.11. The molecule has 3 aromatic carbocycles. The SMILES string of the molecule is COc1cc(C=C2C(=O)c3ccccc3C2=O)ccc1OC(=O)COc1ccc(C)cc1. The molecule has 0 aliphatic heterocycles. The molecule has 1 aliphatic rings. The van der Waals surface area contributed by atoms with Gasteiger partial charge in [0, 0.05) is 11.1 Å². The van der Waals surface area contributed by atoms with Crippen LogP contribution in [0.5, 0.6) is 17.2 Å². The van der Waals surface area contributed by atoms with Crippen LogP contribution in [0.25, 0.3) is 6.08 Å². The highest BCUT2D eigenvalue weighted by molar-refractivity contribution is 6.41. The number of aryl methyl sites for hydroxylation is 1. The van der Waals surface area contributed by atoms with Gasteiger partial charge in [-0.1, -0.05) is 48.0 Å². The van der Waals surface area contributed by atoms with Crippen LogP contribution < -0.4 is 14.2 Å². The normalized spacial score (nSPS) is 12.4. The Kier molecular flexibility index (Phi) is 5.85. The van der Waals surface area contributed by atoms with Crippen LogP contribution in [0.3, 0.4) is 0 Å². The number of hydrogen-bond donors (Lipinski definition) is 0. The van der Waals surface area contributed by atoms with Gasteiger partial charge in [0.1, 0.15) is 5.75 Å². The van der Waals surface area contributed by atoms with Gasteiger partial charge in [-0.05, 0) is 42.8 Å². The van der Waals surface area contributed by atoms with E-state index in [1.165, 1.54) is 13.2 Å². The van der Waals surface area contributed by atoms with Crippen molar-refractivity contribution < 1.29 is 28.6 Å². The molecule has 0 unspecified atom stereocenters. The molecule has 0 saturated heterocycles. The molecule has 6 heteroatoms. The van der Waals surface area contributed by atoms with E-state index < -0.39 is 5.97 Å². The number of ether oxygens (including phenoxy) is 3. The van der Waals surface area contributed by atoms with E-state index in [0.29, 0.717) is 28.2 Å². The third kappa shape index (κ3) is 4.30. The average molecular weight is 428 g/mol. The zero-order chi connectivity index (χ0) is 22.7. The fourth-order valence-electron chi connectivity index (χ4n) is 3.36. The minimum absolute atomic E-state index is 0.0875. The van der Waals surface area contributed by atoms with Gasteiger partial charge in [0.25, 0.3) is 0 Å². The first-order valence-corrected chi connectivity index (χ1v) is 9.94. The summed E-state index contributed by atoms with van der Waals surface area (Å²) in [5.74, 6) is -0.153. The summed E-state index contributed by atoms with van der Waals surface area (Å²) in [6.45, 7) is 1.69. The van der Waals surface area contributed by atoms with Gasteiger partial charge in [0.05, 0.1) is 12.7 Å². The minimum Gasteiger partial charge on any atom is -0.493 e. The molecule has 160 valence electrons. The van der Waals surface area contributed by atoms with Gasteiger partial charge in [-0.25, -0.2) is 4.79 Å². The summed E-state index contributed by atoms with van der Waals surface area (Å²) in [7, 11) is 1.44. The number of carbonyl (C=O) groups excluding carboxylic acids is 3. The lowest BCUT2D eigenvalue weighted by atomic mass is 10.1. The molecule has 0 amide bonds. The highest BCUT2D eigenvalue weighted by Crippen LogP contribution is 2.32. The Labute approximate surface area is 185 Å². The fraction of sp³-hybridized carbons (Fsp3) is 0.115. The number of carbonyl (C=O) groups is 3. The topological polar surface area (TPSA) is 78.9 Å². The quantitative estimate of drug-likeness (QED) is 0.250. The number of fused-ring (bicyclic) bond motifs is 1. The maximum Gasteiger partial charge on any atom is 0.349 e. The maximum absolute atomic E-state index is 12.6. The molecule has 0 spiro atoms. The van der Waals surface area contributed by atoms with Crippen molar-refractivity contribution in [3.05, 3.63) is 94.6 Å². The number of esters is 1. The Hall–Kier alpha value is -4.19. The monoisotopic (exact) mass is 428 g/mol. The largest absolute Gasteiger partial charge is 0.493 e. The van der Waals surface area contributed by atoms with Gasteiger partial charge < -0.3 is 14.2 Å². The molecular weight excluding hydrogens is 408 g/mol. The van der Waals surface area contributed by atoms with Crippen molar-refractivity contribution in [3.8, 4) is 17.2 Å². The van der Waals surface area contributed by atoms with Crippen LogP contribution in [0.15, 0.2) is 72.3 Å². The molecule has 0 N–H and O–H groups in total. The predicted molar refractivity (Wildman–Crippen MR) is 118 cm³/mol.